The van der Waals surface area contributed by atoms with E-state index in [1.807, 2.05) is 0 Å². The minimum Gasteiger partial charge on any atom is -0.465 e. The van der Waals surface area contributed by atoms with Crippen molar-refractivity contribution in [3.8, 4) is 0 Å². The molecule has 0 N–H and O–H groups in total. The molecule has 0 fully saturated rings. The first-order chi connectivity index (χ1) is 7.27. The summed E-state index contributed by atoms with van der Waals surface area (Å²) in [4.78, 5) is 22.1. The van der Waals surface area contributed by atoms with Crippen molar-refractivity contribution in [3.63, 3.8) is 0 Å². The Labute approximate surface area is 86.1 Å². The van der Waals surface area contributed by atoms with E-state index >= 15 is 0 Å². The number of carbonyl (C=O) groups is 2. The van der Waals surface area contributed by atoms with Crippen LogP contribution in [0.15, 0.2) is 30.5 Å². The van der Waals surface area contributed by atoms with Gasteiger partial charge in [-0.1, -0.05) is 6.07 Å². The second-order valence-corrected chi connectivity index (χ2v) is 3.04. The third-order valence-electron chi connectivity index (χ3n) is 2.25. The fourth-order valence-corrected chi connectivity index (χ4v) is 1.54. The number of fused-ring (bicyclic) bond motifs is 1. The number of ether oxygens (including phenoxy) is 1. The highest BCUT2D eigenvalue weighted by Crippen LogP contribution is 2.15. The van der Waals surface area contributed by atoms with Crippen LogP contribution in [0.3, 0.4) is 0 Å². The van der Waals surface area contributed by atoms with Crippen LogP contribution in [0.2, 0.25) is 0 Å². The zero-order chi connectivity index (χ0) is 10.8. The SMILES string of the molecule is COC(=O)c1ccn2c(C=O)cccc12. The number of aromatic nitrogens is 1. The molecule has 0 aliphatic carbocycles. The van der Waals surface area contributed by atoms with Crippen LogP contribution >= 0.6 is 0 Å². The van der Waals surface area contributed by atoms with Gasteiger partial charge < -0.3 is 9.14 Å². The summed E-state index contributed by atoms with van der Waals surface area (Å²) in [5.74, 6) is -0.402. The number of esters is 1. The number of hydrogen-bond donors (Lipinski definition) is 0. The van der Waals surface area contributed by atoms with E-state index in [0.29, 0.717) is 16.8 Å². The van der Waals surface area contributed by atoms with Gasteiger partial charge in [0.05, 0.1) is 23.9 Å². The number of carbonyl (C=O) groups excluding carboxylic acids is 2. The lowest BCUT2D eigenvalue weighted by molar-refractivity contribution is 0.0603. The van der Waals surface area contributed by atoms with Gasteiger partial charge >= 0.3 is 5.97 Å². The smallest absolute Gasteiger partial charge is 0.340 e. The minimum atomic E-state index is -0.402. The first-order valence-corrected chi connectivity index (χ1v) is 4.41. The van der Waals surface area contributed by atoms with Crippen LogP contribution in [0.4, 0.5) is 0 Å². The molecule has 0 atom stereocenters. The van der Waals surface area contributed by atoms with E-state index in [4.69, 9.17) is 0 Å². The van der Waals surface area contributed by atoms with Crippen molar-refractivity contribution in [1.82, 2.24) is 4.40 Å². The van der Waals surface area contributed by atoms with Crippen molar-refractivity contribution in [3.05, 3.63) is 41.7 Å². The van der Waals surface area contributed by atoms with Crippen molar-refractivity contribution >= 4 is 17.8 Å². The molecule has 0 spiro atoms. The minimum absolute atomic E-state index is 0.402. The molecule has 4 nitrogen and oxygen atoms in total. The summed E-state index contributed by atoms with van der Waals surface area (Å²) in [5, 5.41) is 0. The maximum Gasteiger partial charge on any atom is 0.340 e. The Kier molecular flexibility index (Phi) is 2.25. The van der Waals surface area contributed by atoms with Gasteiger partial charge in [-0.05, 0) is 18.2 Å². The number of aldehydes is 1. The Balaban J connectivity index is 2.71. The molecule has 0 radical (unpaired) electrons. The molecule has 0 bridgehead atoms. The van der Waals surface area contributed by atoms with Gasteiger partial charge in [-0.25, -0.2) is 4.79 Å². The van der Waals surface area contributed by atoms with Crippen LogP contribution in [0.25, 0.3) is 5.52 Å². The molecule has 0 aromatic carbocycles. The van der Waals surface area contributed by atoms with E-state index in [1.54, 1.807) is 34.9 Å². The lowest BCUT2D eigenvalue weighted by Crippen LogP contribution is -2.01. The number of pyridine rings is 1. The summed E-state index contributed by atoms with van der Waals surface area (Å²) >= 11 is 0. The van der Waals surface area contributed by atoms with Crippen LogP contribution in [0, 0.1) is 0 Å². The Hall–Kier alpha value is -2.10. The highest BCUT2D eigenvalue weighted by molar-refractivity contribution is 5.97. The van der Waals surface area contributed by atoms with Crippen molar-refractivity contribution < 1.29 is 14.3 Å². The second-order valence-electron chi connectivity index (χ2n) is 3.04. The van der Waals surface area contributed by atoms with Gasteiger partial charge in [-0.2, -0.15) is 0 Å². The Morgan fingerprint density at radius 3 is 2.87 bits per heavy atom. The Bertz CT molecular complexity index is 528. The molecule has 2 rings (SSSR count). The highest BCUT2D eigenvalue weighted by Gasteiger charge is 2.12. The average Bonchev–Trinajstić information content (AvgIpc) is 2.71. The van der Waals surface area contributed by atoms with Gasteiger partial charge in [-0.15, -0.1) is 0 Å². The number of methoxy groups -OCH3 is 1. The molecule has 0 unspecified atom stereocenters. The van der Waals surface area contributed by atoms with Crippen molar-refractivity contribution in [2.24, 2.45) is 0 Å². The molecule has 2 heterocycles. The Morgan fingerprint density at radius 1 is 1.40 bits per heavy atom. The van der Waals surface area contributed by atoms with Gasteiger partial charge in [0.1, 0.15) is 0 Å². The van der Waals surface area contributed by atoms with Crippen LogP contribution < -0.4 is 0 Å². The summed E-state index contributed by atoms with van der Waals surface area (Å²) in [6.45, 7) is 0. The third kappa shape index (κ3) is 1.40. The molecule has 76 valence electrons. The number of hydrogen-bond acceptors (Lipinski definition) is 3. The summed E-state index contributed by atoms with van der Waals surface area (Å²) in [7, 11) is 1.33. The normalized spacial score (nSPS) is 10.2. The van der Waals surface area contributed by atoms with E-state index in [1.165, 1.54) is 7.11 Å². The summed E-state index contributed by atoms with van der Waals surface area (Å²) < 4.78 is 6.29. The maximum atomic E-state index is 11.4. The van der Waals surface area contributed by atoms with Crippen molar-refractivity contribution in [2.45, 2.75) is 0 Å². The zero-order valence-electron chi connectivity index (χ0n) is 8.14. The fourth-order valence-electron chi connectivity index (χ4n) is 1.54. The predicted molar refractivity (Wildman–Crippen MR) is 54.1 cm³/mol. The van der Waals surface area contributed by atoms with Gasteiger partial charge in [-0.3, -0.25) is 4.79 Å². The molecule has 15 heavy (non-hydrogen) atoms. The molecule has 0 aliphatic heterocycles. The van der Waals surface area contributed by atoms with E-state index in [-0.39, 0.29) is 0 Å². The molecular weight excluding hydrogens is 194 g/mol. The predicted octanol–water partition coefficient (Wildman–Crippen LogP) is 1.54. The number of rotatable bonds is 2. The van der Waals surface area contributed by atoms with E-state index in [9.17, 15) is 9.59 Å². The molecular formula is C11H9NO3. The Morgan fingerprint density at radius 2 is 2.20 bits per heavy atom. The highest BCUT2D eigenvalue weighted by atomic mass is 16.5. The quantitative estimate of drug-likeness (QED) is 0.549. The van der Waals surface area contributed by atoms with Crippen molar-refractivity contribution in [2.75, 3.05) is 7.11 Å². The topological polar surface area (TPSA) is 47.8 Å². The van der Waals surface area contributed by atoms with Crippen LogP contribution in [-0.2, 0) is 4.74 Å². The van der Waals surface area contributed by atoms with Crippen molar-refractivity contribution in [1.29, 1.82) is 0 Å². The first-order valence-electron chi connectivity index (χ1n) is 4.41. The van der Waals surface area contributed by atoms with E-state index < -0.39 is 5.97 Å². The summed E-state index contributed by atoms with van der Waals surface area (Å²) in [5.41, 5.74) is 1.63. The van der Waals surface area contributed by atoms with Gasteiger partial charge in [0.25, 0.3) is 0 Å². The second kappa shape index (κ2) is 3.57. The lowest BCUT2D eigenvalue weighted by atomic mass is 10.2. The molecule has 0 saturated heterocycles. The molecule has 0 amide bonds. The zero-order valence-corrected chi connectivity index (χ0v) is 8.14. The van der Waals surface area contributed by atoms with Gasteiger partial charge in [0.15, 0.2) is 6.29 Å². The average molecular weight is 203 g/mol. The third-order valence-corrected chi connectivity index (χ3v) is 2.25. The molecule has 0 aliphatic rings. The van der Waals surface area contributed by atoms with E-state index in [0.717, 1.165) is 6.29 Å². The van der Waals surface area contributed by atoms with E-state index in [2.05, 4.69) is 4.74 Å². The monoisotopic (exact) mass is 203 g/mol. The van der Waals surface area contributed by atoms with Crippen LogP contribution in [-0.4, -0.2) is 23.8 Å². The molecule has 2 aromatic heterocycles. The lowest BCUT2D eigenvalue weighted by Gasteiger charge is -2.00. The summed E-state index contributed by atoms with van der Waals surface area (Å²) in [6.07, 6.45) is 2.42. The maximum absolute atomic E-state index is 11.4. The van der Waals surface area contributed by atoms with Crippen LogP contribution in [0.1, 0.15) is 20.8 Å². The largest absolute Gasteiger partial charge is 0.465 e. The fraction of sp³-hybridized carbons (Fsp3) is 0.0909. The van der Waals surface area contributed by atoms with Gasteiger partial charge in [0, 0.05) is 6.20 Å². The summed E-state index contributed by atoms with van der Waals surface area (Å²) in [6, 6.07) is 6.81. The first kappa shape index (κ1) is 9.45. The number of nitrogens with zero attached hydrogens (tertiary/aromatic N) is 1. The molecule has 0 saturated carbocycles. The molecule has 4 heteroatoms. The molecule has 2 aromatic rings. The standard InChI is InChI=1S/C11H9NO3/c1-15-11(14)9-5-6-12-8(7-13)3-2-4-10(9)12/h2-7H,1H3. The van der Waals surface area contributed by atoms with Gasteiger partial charge in [0.2, 0.25) is 0 Å². The van der Waals surface area contributed by atoms with Crippen LogP contribution in [0.5, 0.6) is 0 Å².